The molecular weight excluding hydrogens is 183 g/mol. The number of aliphatic carboxylic acids is 1. The molecule has 2 nitrogen and oxygen atoms in total. The molecule has 72 valence electrons. The van der Waals surface area contributed by atoms with Gasteiger partial charge >= 0.3 is 5.97 Å². The molecule has 1 aliphatic rings. The van der Waals surface area contributed by atoms with Crippen LogP contribution in [-0.4, -0.2) is 11.1 Å². The van der Waals surface area contributed by atoms with Crippen LogP contribution >= 0.6 is 0 Å². The summed E-state index contributed by atoms with van der Waals surface area (Å²) < 4.78 is 13.3. The SMILES string of the molecule is CC1=C(C(=O)O)Cc2c(F)cccc21. The van der Waals surface area contributed by atoms with Gasteiger partial charge in [0, 0.05) is 12.0 Å². The number of hydrogen-bond donors (Lipinski definition) is 1. The molecule has 1 aromatic carbocycles. The van der Waals surface area contributed by atoms with Crippen molar-refractivity contribution in [3.63, 3.8) is 0 Å². The van der Waals surface area contributed by atoms with Crippen molar-refractivity contribution in [3.8, 4) is 0 Å². The molecule has 0 saturated heterocycles. The second-order valence-corrected chi connectivity index (χ2v) is 3.35. The van der Waals surface area contributed by atoms with Gasteiger partial charge < -0.3 is 5.11 Å². The van der Waals surface area contributed by atoms with E-state index < -0.39 is 5.97 Å². The fourth-order valence-corrected chi connectivity index (χ4v) is 1.80. The van der Waals surface area contributed by atoms with E-state index in [4.69, 9.17) is 5.11 Å². The molecule has 1 aromatic rings. The number of fused-ring (bicyclic) bond motifs is 1. The van der Waals surface area contributed by atoms with Gasteiger partial charge in [-0.25, -0.2) is 9.18 Å². The second-order valence-electron chi connectivity index (χ2n) is 3.35. The van der Waals surface area contributed by atoms with Gasteiger partial charge in [0.25, 0.3) is 0 Å². The van der Waals surface area contributed by atoms with Crippen LogP contribution in [0.3, 0.4) is 0 Å². The molecule has 0 atom stereocenters. The first kappa shape index (κ1) is 8.94. The lowest BCUT2D eigenvalue weighted by Gasteiger charge is -2.00. The molecular formula is C11H9FO2. The fourth-order valence-electron chi connectivity index (χ4n) is 1.80. The quantitative estimate of drug-likeness (QED) is 0.740. The van der Waals surface area contributed by atoms with Crippen molar-refractivity contribution in [3.05, 3.63) is 40.7 Å². The van der Waals surface area contributed by atoms with E-state index in [2.05, 4.69) is 0 Å². The molecule has 14 heavy (non-hydrogen) atoms. The number of halogens is 1. The Labute approximate surface area is 80.7 Å². The number of benzene rings is 1. The predicted molar refractivity (Wildman–Crippen MR) is 50.3 cm³/mol. The fraction of sp³-hybridized carbons (Fsp3) is 0.182. The highest BCUT2D eigenvalue weighted by Crippen LogP contribution is 2.33. The van der Waals surface area contributed by atoms with Gasteiger partial charge in [-0.1, -0.05) is 12.1 Å². The van der Waals surface area contributed by atoms with E-state index in [1.54, 1.807) is 19.1 Å². The maximum atomic E-state index is 13.3. The first-order chi connectivity index (χ1) is 6.61. The Balaban J connectivity index is 2.58. The number of carboxylic acids is 1. The van der Waals surface area contributed by atoms with Crippen molar-refractivity contribution < 1.29 is 14.3 Å². The minimum atomic E-state index is -0.960. The Morgan fingerprint density at radius 1 is 1.50 bits per heavy atom. The van der Waals surface area contributed by atoms with Crippen LogP contribution in [0.1, 0.15) is 18.1 Å². The minimum Gasteiger partial charge on any atom is -0.478 e. The lowest BCUT2D eigenvalue weighted by molar-refractivity contribution is -0.132. The van der Waals surface area contributed by atoms with Crippen LogP contribution < -0.4 is 0 Å². The summed E-state index contributed by atoms with van der Waals surface area (Å²) in [5, 5.41) is 8.87. The van der Waals surface area contributed by atoms with Crippen LogP contribution in [0.25, 0.3) is 5.57 Å². The molecule has 3 heteroatoms. The van der Waals surface area contributed by atoms with Gasteiger partial charge in [0.2, 0.25) is 0 Å². The highest BCUT2D eigenvalue weighted by atomic mass is 19.1. The molecule has 0 saturated carbocycles. The van der Waals surface area contributed by atoms with Crippen LogP contribution in [0.15, 0.2) is 23.8 Å². The van der Waals surface area contributed by atoms with Gasteiger partial charge in [0.1, 0.15) is 5.82 Å². The van der Waals surface area contributed by atoms with E-state index in [0.29, 0.717) is 16.7 Å². The lowest BCUT2D eigenvalue weighted by atomic mass is 10.1. The minimum absolute atomic E-state index is 0.198. The summed E-state index contributed by atoms with van der Waals surface area (Å²) in [7, 11) is 0. The summed E-state index contributed by atoms with van der Waals surface area (Å²) in [6.45, 7) is 1.72. The van der Waals surface area contributed by atoms with Gasteiger partial charge in [0.05, 0.1) is 0 Å². The van der Waals surface area contributed by atoms with E-state index >= 15 is 0 Å². The van der Waals surface area contributed by atoms with Crippen molar-refractivity contribution in [2.45, 2.75) is 13.3 Å². The number of allylic oxidation sites excluding steroid dienone is 1. The summed E-state index contributed by atoms with van der Waals surface area (Å²) in [5.41, 5.74) is 2.20. The molecule has 0 heterocycles. The third kappa shape index (κ3) is 1.13. The third-order valence-electron chi connectivity index (χ3n) is 2.59. The maximum absolute atomic E-state index is 13.3. The Morgan fingerprint density at radius 2 is 2.21 bits per heavy atom. The maximum Gasteiger partial charge on any atom is 0.332 e. The van der Waals surface area contributed by atoms with Gasteiger partial charge in [-0.3, -0.25) is 0 Å². The van der Waals surface area contributed by atoms with E-state index in [1.165, 1.54) is 6.07 Å². The molecule has 0 radical (unpaired) electrons. The van der Waals surface area contributed by atoms with E-state index in [1.807, 2.05) is 0 Å². The van der Waals surface area contributed by atoms with Crippen LogP contribution in [0.5, 0.6) is 0 Å². The predicted octanol–water partition coefficient (Wildman–Crippen LogP) is 2.24. The second kappa shape index (κ2) is 2.94. The summed E-state index contributed by atoms with van der Waals surface area (Å²) in [6, 6.07) is 4.71. The average Bonchev–Trinajstić information content (AvgIpc) is 2.46. The zero-order valence-electron chi connectivity index (χ0n) is 7.67. The Hall–Kier alpha value is -1.64. The molecule has 0 spiro atoms. The zero-order valence-corrected chi connectivity index (χ0v) is 7.67. The number of carboxylic acid groups (broad SMARTS) is 1. The highest BCUT2D eigenvalue weighted by molar-refractivity contribution is 5.99. The van der Waals surface area contributed by atoms with E-state index in [9.17, 15) is 9.18 Å². The topological polar surface area (TPSA) is 37.3 Å². The van der Waals surface area contributed by atoms with Gasteiger partial charge in [-0.2, -0.15) is 0 Å². The van der Waals surface area contributed by atoms with Crippen molar-refractivity contribution in [1.82, 2.24) is 0 Å². The number of rotatable bonds is 1. The number of hydrogen-bond acceptors (Lipinski definition) is 1. The normalized spacial score (nSPS) is 14.4. The standard InChI is InChI=1S/C11H9FO2/c1-6-7-3-2-4-10(12)9(7)5-8(6)11(13)14/h2-4H,5H2,1H3,(H,13,14). The van der Waals surface area contributed by atoms with Crippen LogP contribution in [0.2, 0.25) is 0 Å². The van der Waals surface area contributed by atoms with E-state index in [-0.39, 0.29) is 12.2 Å². The molecule has 1 N–H and O–H groups in total. The molecule has 0 amide bonds. The van der Waals surface area contributed by atoms with Crippen molar-refractivity contribution in [2.75, 3.05) is 0 Å². The molecule has 0 fully saturated rings. The Kier molecular flexibility index (Phi) is 1.88. The summed E-state index contributed by atoms with van der Waals surface area (Å²) in [4.78, 5) is 10.8. The zero-order chi connectivity index (χ0) is 10.3. The Bertz CT molecular complexity index is 447. The third-order valence-corrected chi connectivity index (χ3v) is 2.59. The largest absolute Gasteiger partial charge is 0.478 e. The first-order valence-electron chi connectivity index (χ1n) is 4.32. The monoisotopic (exact) mass is 192 g/mol. The van der Waals surface area contributed by atoms with Crippen LogP contribution in [-0.2, 0) is 11.2 Å². The van der Waals surface area contributed by atoms with Crippen molar-refractivity contribution >= 4 is 11.5 Å². The number of carbonyl (C=O) groups is 1. The average molecular weight is 192 g/mol. The molecule has 0 aromatic heterocycles. The smallest absolute Gasteiger partial charge is 0.332 e. The Morgan fingerprint density at radius 3 is 2.79 bits per heavy atom. The first-order valence-corrected chi connectivity index (χ1v) is 4.32. The molecule has 0 unspecified atom stereocenters. The van der Waals surface area contributed by atoms with Crippen molar-refractivity contribution in [1.29, 1.82) is 0 Å². The summed E-state index contributed by atoms with van der Waals surface area (Å²) in [5.74, 6) is -1.28. The lowest BCUT2D eigenvalue weighted by Crippen LogP contribution is -2.01. The van der Waals surface area contributed by atoms with Crippen LogP contribution in [0.4, 0.5) is 4.39 Å². The van der Waals surface area contributed by atoms with E-state index in [0.717, 1.165) is 5.56 Å². The van der Waals surface area contributed by atoms with Gasteiger partial charge in [0.15, 0.2) is 0 Å². The summed E-state index contributed by atoms with van der Waals surface area (Å²) >= 11 is 0. The summed E-state index contributed by atoms with van der Waals surface area (Å²) in [6.07, 6.45) is 0.198. The molecule has 1 aliphatic carbocycles. The van der Waals surface area contributed by atoms with Gasteiger partial charge in [-0.05, 0) is 29.7 Å². The van der Waals surface area contributed by atoms with Crippen molar-refractivity contribution in [2.24, 2.45) is 0 Å². The van der Waals surface area contributed by atoms with Gasteiger partial charge in [-0.15, -0.1) is 0 Å². The molecule has 0 bridgehead atoms. The highest BCUT2D eigenvalue weighted by Gasteiger charge is 2.25. The molecule has 0 aliphatic heterocycles. The molecule has 2 rings (SSSR count). The van der Waals surface area contributed by atoms with Crippen LogP contribution in [0, 0.1) is 5.82 Å².